The maximum atomic E-state index is 11.9. The fraction of sp³-hybridized carbons (Fsp3) is 0.188. The van der Waals surface area contributed by atoms with Crippen LogP contribution in [-0.2, 0) is 11.3 Å². The van der Waals surface area contributed by atoms with Gasteiger partial charge >= 0.3 is 5.97 Å². The molecule has 0 saturated carbocycles. The average Bonchev–Trinajstić information content (AvgIpc) is 2.38. The van der Waals surface area contributed by atoms with Crippen molar-refractivity contribution in [3.63, 3.8) is 0 Å². The molecule has 0 radical (unpaired) electrons. The number of hydrogen-bond acceptors (Lipinski definition) is 3. The summed E-state index contributed by atoms with van der Waals surface area (Å²) in [5.41, 5.74) is 10.0. The quantitative estimate of drug-likeness (QED) is 0.676. The van der Waals surface area contributed by atoms with Crippen LogP contribution >= 0.6 is 0 Å². The molecule has 0 heterocycles. The zero-order chi connectivity index (χ0) is 13.8. The lowest BCUT2D eigenvalue weighted by atomic mass is 10.0. The SMILES string of the molecule is Cc1cccc(C)c1COC(=O)c1ccc(N)cc1. The van der Waals surface area contributed by atoms with Gasteiger partial charge in [-0.3, -0.25) is 0 Å². The first-order chi connectivity index (χ1) is 9.08. The molecule has 2 rings (SSSR count). The van der Waals surface area contributed by atoms with Crippen LogP contribution in [0.5, 0.6) is 0 Å². The molecule has 0 aliphatic rings. The van der Waals surface area contributed by atoms with Crippen molar-refractivity contribution in [2.24, 2.45) is 0 Å². The lowest BCUT2D eigenvalue weighted by Crippen LogP contribution is -2.07. The summed E-state index contributed by atoms with van der Waals surface area (Å²) in [4.78, 5) is 11.9. The van der Waals surface area contributed by atoms with E-state index in [1.165, 1.54) is 0 Å². The molecule has 2 N–H and O–H groups in total. The van der Waals surface area contributed by atoms with E-state index in [0.717, 1.165) is 16.7 Å². The Kier molecular flexibility index (Phi) is 3.85. The van der Waals surface area contributed by atoms with E-state index >= 15 is 0 Å². The van der Waals surface area contributed by atoms with Crippen molar-refractivity contribution in [1.29, 1.82) is 0 Å². The maximum absolute atomic E-state index is 11.9. The smallest absolute Gasteiger partial charge is 0.338 e. The molecule has 0 atom stereocenters. The van der Waals surface area contributed by atoms with E-state index in [4.69, 9.17) is 10.5 Å². The molecule has 98 valence electrons. The van der Waals surface area contributed by atoms with Gasteiger partial charge in [-0.05, 0) is 54.8 Å². The number of benzene rings is 2. The molecule has 0 aliphatic carbocycles. The number of nitrogens with two attached hydrogens (primary N) is 1. The number of ether oxygens (including phenoxy) is 1. The second-order valence-electron chi connectivity index (χ2n) is 4.57. The summed E-state index contributed by atoms with van der Waals surface area (Å²) in [6.07, 6.45) is 0. The summed E-state index contributed by atoms with van der Waals surface area (Å²) >= 11 is 0. The number of anilines is 1. The van der Waals surface area contributed by atoms with E-state index in [0.29, 0.717) is 17.9 Å². The first kappa shape index (κ1) is 13.1. The van der Waals surface area contributed by atoms with E-state index in [-0.39, 0.29) is 5.97 Å². The van der Waals surface area contributed by atoms with Gasteiger partial charge < -0.3 is 10.5 Å². The van der Waals surface area contributed by atoms with Crippen molar-refractivity contribution in [1.82, 2.24) is 0 Å². The highest BCUT2D eigenvalue weighted by Crippen LogP contribution is 2.15. The normalized spacial score (nSPS) is 10.2. The van der Waals surface area contributed by atoms with Gasteiger partial charge in [-0.2, -0.15) is 0 Å². The molecule has 0 bridgehead atoms. The third-order valence-electron chi connectivity index (χ3n) is 3.14. The second kappa shape index (κ2) is 5.57. The Morgan fingerprint density at radius 2 is 1.63 bits per heavy atom. The fourth-order valence-electron chi connectivity index (χ4n) is 1.92. The van der Waals surface area contributed by atoms with E-state index in [1.807, 2.05) is 32.0 Å². The number of carbonyl (C=O) groups excluding carboxylic acids is 1. The largest absolute Gasteiger partial charge is 0.457 e. The Morgan fingerprint density at radius 1 is 1.05 bits per heavy atom. The Morgan fingerprint density at radius 3 is 2.21 bits per heavy atom. The molecule has 3 heteroatoms. The number of hydrogen-bond donors (Lipinski definition) is 1. The lowest BCUT2D eigenvalue weighted by molar-refractivity contribution is 0.0471. The zero-order valence-electron chi connectivity index (χ0n) is 11.1. The minimum Gasteiger partial charge on any atom is -0.457 e. The molecular weight excluding hydrogens is 238 g/mol. The molecule has 0 unspecified atom stereocenters. The molecule has 0 spiro atoms. The zero-order valence-corrected chi connectivity index (χ0v) is 11.1. The van der Waals surface area contributed by atoms with Crippen LogP contribution in [0.25, 0.3) is 0 Å². The van der Waals surface area contributed by atoms with Crippen LogP contribution in [0, 0.1) is 13.8 Å². The van der Waals surface area contributed by atoms with Gasteiger partial charge in [0.1, 0.15) is 6.61 Å². The highest BCUT2D eigenvalue weighted by Gasteiger charge is 2.09. The number of nitrogen functional groups attached to an aromatic ring is 1. The summed E-state index contributed by atoms with van der Waals surface area (Å²) in [5, 5.41) is 0. The summed E-state index contributed by atoms with van der Waals surface area (Å²) < 4.78 is 5.34. The van der Waals surface area contributed by atoms with Gasteiger partial charge in [0.25, 0.3) is 0 Å². The summed E-state index contributed by atoms with van der Waals surface area (Å²) in [6, 6.07) is 12.7. The van der Waals surface area contributed by atoms with Crippen LogP contribution in [0.15, 0.2) is 42.5 Å². The topological polar surface area (TPSA) is 52.3 Å². The summed E-state index contributed by atoms with van der Waals surface area (Å²) in [6.45, 7) is 4.32. The van der Waals surface area contributed by atoms with Crippen molar-refractivity contribution >= 4 is 11.7 Å². The first-order valence-corrected chi connectivity index (χ1v) is 6.15. The Labute approximate surface area is 113 Å². The van der Waals surface area contributed by atoms with Crippen molar-refractivity contribution in [2.75, 3.05) is 5.73 Å². The number of aryl methyl sites for hydroxylation is 2. The third kappa shape index (κ3) is 3.13. The molecule has 0 amide bonds. The van der Waals surface area contributed by atoms with Crippen LogP contribution in [0.3, 0.4) is 0 Å². The number of esters is 1. The van der Waals surface area contributed by atoms with E-state index in [1.54, 1.807) is 24.3 Å². The number of carbonyl (C=O) groups is 1. The Bertz CT molecular complexity index is 568. The van der Waals surface area contributed by atoms with Crippen molar-refractivity contribution in [2.45, 2.75) is 20.5 Å². The minimum absolute atomic E-state index is 0.293. The van der Waals surface area contributed by atoms with Crippen LogP contribution in [0.4, 0.5) is 5.69 Å². The van der Waals surface area contributed by atoms with Crippen molar-refractivity contribution < 1.29 is 9.53 Å². The molecule has 0 saturated heterocycles. The van der Waals surface area contributed by atoms with Gasteiger partial charge in [0.15, 0.2) is 0 Å². The predicted molar refractivity (Wildman–Crippen MR) is 75.9 cm³/mol. The highest BCUT2D eigenvalue weighted by atomic mass is 16.5. The second-order valence-corrected chi connectivity index (χ2v) is 4.57. The van der Waals surface area contributed by atoms with Gasteiger partial charge in [-0.1, -0.05) is 18.2 Å². The van der Waals surface area contributed by atoms with E-state index in [9.17, 15) is 4.79 Å². The van der Waals surface area contributed by atoms with Crippen molar-refractivity contribution in [3.05, 3.63) is 64.7 Å². The summed E-state index contributed by atoms with van der Waals surface area (Å²) in [7, 11) is 0. The van der Waals surface area contributed by atoms with Gasteiger partial charge in [-0.15, -0.1) is 0 Å². The Balaban J connectivity index is 2.06. The van der Waals surface area contributed by atoms with Gasteiger partial charge in [0.2, 0.25) is 0 Å². The van der Waals surface area contributed by atoms with Crippen LogP contribution in [0.2, 0.25) is 0 Å². The molecule has 19 heavy (non-hydrogen) atoms. The molecule has 3 nitrogen and oxygen atoms in total. The molecular formula is C16H17NO2. The molecule has 2 aromatic carbocycles. The minimum atomic E-state index is -0.331. The highest BCUT2D eigenvalue weighted by molar-refractivity contribution is 5.89. The molecule has 0 aromatic heterocycles. The van der Waals surface area contributed by atoms with Crippen LogP contribution < -0.4 is 5.73 Å². The monoisotopic (exact) mass is 255 g/mol. The van der Waals surface area contributed by atoms with Crippen LogP contribution in [-0.4, -0.2) is 5.97 Å². The maximum Gasteiger partial charge on any atom is 0.338 e. The fourth-order valence-corrected chi connectivity index (χ4v) is 1.92. The van der Waals surface area contributed by atoms with E-state index in [2.05, 4.69) is 0 Å². The molecule has 0 aliphatic heterocycles. The standard InChI is InChI=1S/C16H17NO2/c1-11-4-3-5-12(2)15(11)10-19-16(18)13-6-8-14(17)9-7-13/h3-9H,10,17H2,1-2H3. The Hall–Kier alpha value is -2.29. The lowest BCUT2D eigenvalue weighted by Gasteiger charge is -2.10. The van der Waals surface area contributed by atoms with Crippen LogP contribution in [0.1, 0.15) is 27.0 Å². The summed E-state index contributed by atoms with van der Waals surface area (Å²) in [5.74, 6) is -0.331. The third-order valence-corrected chi connectivity index (χ3v) is 3.14. The molecule has 2 aromatic rings. The molecule has 0 fully saturated rings. The first-order valence-electron chi connectivity index (χ1n) is 6.15. The predicted octanol–water partition coefficient (Wildman–Crippen LogP) is 3.24. The van der Waals surface area contributed by atoms with E-state index < -0.39 is 0 Å². The average molecular weight is 255 g/mol. The van der Waals surface area contributed by atoms with Gasteiger partial charge in [-0.25, -0.2) is 4.79 Å². The van der Waals surface area contributed by atoms with Gasteiger partial charge in [0, 0.05) is 5.69 Å². The number of rotatable bonds is 3. The van der Waals surface area contributed by atoms with Gasteiger partial charge in [0.05, 0.1) is 5.56 Å². The van der Waals surface area contributed by atoms with Crippen molar-refractivity contribution in [3.8, 4) is 0 Å².